The summed E-state index contributed by atoms with van der Waals surface area (Å²) < 4.78 is 22.6. The number of fused-ring (bicyclic) bond motifs is 2. The highest BCUT2D eigenvalue weighted by molar-refractivity contribution is 5.87. The average molecular weight is 380 g/mol. The minimum absolute atomic E-state index is 0.147. The van der Waals surface area contributed by atoms with E-state index in [2.05, 4.69) is 0 Å². The van der Waals surface area contributed by atoms with Crippen molar-refractivity contribution in [3.63, 3.8) is 0 Å². The van der Waals surface area contributed by atoms with E-state index in [1.807, 2.05) is 18.2 Å². The zero-order valence-corrected chi connectivity index (χ0v) is 16.0. The largest absolute Gasteiger partial charge is 0.490 e. The van der Waals surface area contributed by atoms with Crippen molar-refractivity contribution >= 4 is 16.9 Å². The Morgan fingerprint density at radius 3 is 2.54 bits per heavy atom. The van der Waals surface area contributed by atoms with Gasteiger partial charge < -0.3 is 18.6 Å². The lowest BCUT2D eigenvalue weighted by atomic mass is 10.0. The molecule has 0 amide bonds. The molecule has 0 saturated carbocycles. The van der Waals surface area contributed by atoms with Gasteiger partial charge in [0.05, 0.1) is 24.2 Å². The van der Waals surface area contributed by atoms with E-state index in [4.69, 9.17) is 18.6 Å². The molecule has 6 heteroatoms. The Kier molecular flexibility index (Phi) is 4.55. The number of hydrogen-bond acceptors (Lipinski definition) is 6. The van der Waals surface area contributed by atoms with Gasteiger partial charge in [-0.05, 0) is 43.7 Å². The summed E-state index contributed by atoms with van der Waals surface area (Å²) in [7, 11) is 0. The third-order valence-electron chi connectivity index (χ3n) is 4.72. The van der Waals surface area contributed by atoms with Crippen LogP contribution in [0.4, 0.5) is 0 Å². The third kappa shape index (κ3) is 3.11. The van der Waals surface area contributed by atoms with Gasteiger partial charge in [-0.25, -0.2) is 0 Å². The van der Waals surface area contributed by atoms with Crippen LogP contribution in [-0.4, -0.2) is 19.2 Å². The molecule has 0 fully saturated rings. The molecule has 0 unspecified atom stereocenters. The summed E-state index contributed by atoms with van der Waals surface area (Å²) in [6, 6.07) is 8.69. The molecule has 0 spiro atoms. The van der Waals surface area contributed by atoms with Crippen molar-refractivity contribution in [2.45, 2.75) is 27.2 Å². The summed E-state index contributed by atoms with van der Waals surface area (Å²) in [5.41, 5.74) is 2.06. The van der Waals surface area contributed by atoms with Crippen LogP contribution >= 0.6 is 0 Å². The fourth-order valence-corrected chi connectivity index (χ4v) is 3.40. The van der Waals surface area contributed by atoms with Gasteiger partial charge in [0.25, 0.3) is 0 Å². The third-order valence-corrected chi connectivity index (χ3v) is 4.72. The number of rotatable bonds is 2. The Balaban J connectivity index is 1.88. The molecule has 6 nitrogen and oxygen atoms in total. The number of carbonyl (C=O) groups excluding carboxylic acids is 1. The number of benzene rings is 2. The van der Waals surface area contributed by atoms with Crippen LogP contribution in [0.1, 0.15) is 24.7 Å². The lowest BCUT2D eigenvalue weighted by Crippen LogP contribution is -2.09. The van der Waals surface area contributed by atoms with E-state index in [-0.39, 0.29) is 5.43 Å². The van der Waals surface area contributed by atoms with Crippen LogP contribution in [0.5, 0.6) is 17.2 Å². The van der Waals surface area contributed by atoms with Gasteiger partial charge in [-0.15, -0.1) is 0 Å². The predicted octanol–water partition coefficient (Wildman–Crippen LogP) is 4.16. The van der Waals surface area contributed by atoms with Crippen molar-refractivity contribution < 1.29 is 23.4 Å². The van der Waals surface area contributed by atoms with E-state index in [1.54, 1.807) is 26.0 Å². The molecule has 0 saturated heterocycles. The first-order valence-electron chi connectivity index (χ1n) is 9.11. The van der Waals surface area contributed by atoms with Gasteiger partial charge in [0.2, 0.25) is 5.43 Å². The van der Waals surface area contributed by atoms with Crippen molar-refractivity contribution in [1.29, 1.82) is 0 Å². The molecular formula is C22H20O6. The molecule has 0 bridgehead atoms. The van der Waals surface area contributed by atoms with Crippen molar-refractivity contribution in [2.24, 2.45) is 0 Å². The second-order valence-corrected chi connectivity index (χ2v) is 6.73. The van der Waals surface area contributed by atoms with Crippen LogP contribution in [0, 0.1) is 13.8 Å². The normalized spacial score (nSPS) is 13.2. The highest BCUT2D eigenvalue weighted by atomic mass is 16.5. The molecule has 2 aromatic carbocycles. The predicted molar refractivity (Wildman–Crippen MR) is 104 cm³/mol. The Bertz CT molecular complexity index is 1140. The number of carbonyl (C=O) groups is 1. The second kappa shape index (κ2) is 7.03. The maximum atomic E-state index is 13.2. The van der Waals surface area contributed by atoms with Crippen LogP contribution in [-0.2, 0) is 4.79 Å². The number of aryl methyl sites for hydroxylation is 2. The first-order chi connectivity index (χ1) is 13.5. The fraction of sp³-hybridized carbons (Fsp3) is 0.273. The second-order valence-electron chi connectivity index (χ2n) is 6.73. The van der Waals surface area contributed by atoms with Crippen LogP contribution in [0.3, 0.4) is 0 Å². The molecule has 4 rings (SSSR count). The van der Waals surface area contributed by atoms with E-state index >= 15 is 0 Å². The van der Waals surface area contributed by atoms with Gasteiger partial charge in [0.15, 0.2) is 11.5 Å². The maximum absolute atomic E-state index is 13.2. The smallest absolute Gasteiger partial charge is 0.308 e. The van der Waals surface area contributed by atoms with Gasteiger partial charge in [-0.2, -0.15) is 0 Å². The van der Waals surface area contributed by atoms with E-state index < -0.39 is 5.97 Å². The highest BCUT2D eigenvalue weighted by Crippen LogP contribution is 2.36. The summed E-state index contributed by atoms with van der Waals surface area (Å²) in [6.07, 6.45) is 0.811. The van der Waals surface area contributed by atoms with E-state index in [9.17, 15) is 9.59 Å². The Morgan fingerprint density at radius 1 is 1.04 bits per heavy atom. The van der Waals surface area contributed by atoms with Gasteiger partial charge in [-0.1, -0.05) is 6.07 Å². The minimum Gasteiger partial charge on any atom is -0.490 e. The standard InChI is InChI=1S/C22H20O6/c1-12-17(28-14(3)23)8-6-16-21(24)20(13(2)27-22(12)16)15-5-7-18-19(11-15)26-10-4-9-25-18/h5-8,11H,4,9-10H2,1-3H3. The minimum atomic E-state index is -0.426. The monoisotopic (exact) mass is 380 g/mol. The maximum Gasteiger partial charge on any atom is 0.308 e. The molecule has 0 atom stereocenters. The number of ether oxygens (including phenoxy) is 3. The molecule has 3 aromatic rings. The van der Waals surface area contributed by atoms with Gasteiger partial charge in [0.1, 0.15) is 17.1 Å². The highest BCUT2D eigenvalue weighted by Gasteiger charge is 2.19. The fourth-order valence-electron chi connectivity index (χ4n) is 3.40. The van der Waals surface area contributed by atoms with Crippen molar-refractivity contribution in [2.75, 3.05) is 13.2 Å². The summed E-state index contributed by atoms with van der Waals surface area (Å²) in [4.78, 5) is 24.5. The molecule has 28 heavy (non-hydrogen) atoms. The molecule has 1 aliphatic rings. The van der Waals surface area contributed by atoms with Gasteiger partial charge in [-0.3, -0.25) is 9.59 Å². The molecule has 0 N–H and O–H groups in total. The summed E-state index contributed by atoms with van der Waals surface area (Å²) in [5, 5.41) is 0.432. The van der Waals surface area contributed by atoms with E-state index in [0.29, 0.717) is 63.9 Å². The van der Waals surface area contributed by atoms with Crippen LogP contribution in [0.25, 0.3) is 22.1 Å². The summed E-state index contributed by atoms with van der Waals surface area (Å²) in [6.45, 7) is 6.01. The van der Waals surface area contributed by atoms with Crippen LogP contribution in [0.2, 0.25) is 0 Å². The van der Waals surface area contributed by atoms with Crippen molar-refractivity contribution in [1.82, 2.24) is 0 Å². The molecule has 0 aliphatic carbocycles. The van der Waals surface area contributed by atoms with Gasteiger partial charge in [0, 0.05) is 18.9 Å². The Labute approximate surface area is 161 Å². The summed E-state index contributed by atoms with van der Waals surface area (Å²) in [5.74, 6) is 1.73. The number of hydrogen-bond donors (Lipinski definition) is 0. The average Bonchev–Trinajstić information content (AvgIpc) is 2.89. The molecule has 2 heterocycles. The van der Waals surface area contributed by atoms with Crippen molar-refractivity contribution in [3.05, 3.63) is 51.9 Å². The first kappa shape index (κ1) is 18.1. The lowest BCUT2D eigenvalue weighted by Gasteiger charge is -2.13. The molecule has 144 valence electrons. The number of esters is 1. The Morgan fingerprint density at radius 2 is 1.79 bits per heavy atom. The first-order valence-corrected chi connectivity index (χ1v) is 9.11. The molecule has 1 aromatic heterocycles. The van der Waals surface area contributed by atoms with E-state index in [1.165, 1.54) is 6.92 Å². The Hall–Kier alpha value is -3.28. The lowest BCUT2D eigenvalue weighted by molar-refractivity contribution is -0.131. The summed E-state index contributed by atoms with van der Waals surface area (Å²) >= 11 is 0. The molecular weight excluding hydrogens is 360 g/mol. The quantitative estimate of drug-likeness (QED) is 0.491. The SMILES string of the molecule is CC(=O)Oc1ccc2c(=O)c(-c3ccc4c(c3)OCCCO4)c(C)oc2c1C. The van der Waals surface area contributed by atoms with E-state index in [0.717, 1.165) is 6.42 Å². The topological polar surface area (TPSA) is 75.0 Å². The van der Waals surface area contributed by atoms with Crippen molar-refractivity contribution in [3.8, 4) is 28.4 Å². The molecule has 0 radical (unpaired) electrons. The van der Waals surface area contributed by atoms with Crippen LogP contribution in [0.15, 0.2) is 39.5 Å². The van der Waals surface area contributed by atoms with Crippen LogP contribution < -0.4 is 19.6 Å². The zero-order valence-electron chi connectivity index (χ0n) is 16.0. The van der Waals surface area contributed by atoms with Gasteiger partial charge >= 0.3 is 5.97 Å². The molecule has 1 aliphatic heterocycles. The zero-order chi connectivity index (χ0) is 19.8.